The molecule has 0 amide bonds. The molecule has 0 aliphatic carbocycles. The van der Waals surface area contributed by atoms with Crippen LogP contribution in [0.1, 0.15) is 21.7 Å². The minimum Gasteiger partial charge on any atom is -0.454 e. The van der Waals surface area contributed by atoms with Gasteiger partial charge in [-0.25, -0.2) is 4.79 Å². The normalized spacial score (nSPS) is 11.9. The lowest BCUT2D eigenvalue weighted by atomic mass is 10.1. The minimum atomic E-state index is -0.972. The molecule has 0 N–H and O–H groups in total. The molecule has 1 unspecified atom stereocenters. The Balaban J connectivity index is 1.63. The van der Waals surface area contributed by atoms with Crippen molar-refractivity contribution in [2.45, 2.75) is 12.4 Å². The first kappa shape index (κ1) is 18.4. The van der Waals surface area contributed by atoms with Gasteiger partial charge in [0.25, 0.3) is 0 Å². The molecule has 3 aromatic rings. The summed E-state index contributed by atoms with van der Waals surface area (Å²) < 4.78 is 21.8. The number of benzene rings is 2. The highest BCUT2D eigenvalue weighted by molar-refractivity contribution is 7.83. The second-order valence-corrected chi connectivity index (χ2v) is 7.55. The number of aromatic nitrogens is 1. The molecule has 0 radical (unpaired) electrons. The molecule has 0 bridgehead atoms. The number of hydrogen-bond donors (Lipinski definition) is 0. The van der Waals surface area contributed by atoms with Crippen LogP contribution in [0.4, 0.5) is 0 Å². The average molecular weight is 390 g/mol. The molecule has 134 valence electrons. The summed E-state index contributed by atoms with van der Waals surface area (Å²) in [5.74, 6) is 0.362. The number of rotatable bonds is 6. The van der Waals surface area contributed by atoms with Gasteiger partial charge in [-0.3, -0.25) is 4.21 Å². The first-order valence-corrected chi connectivity index (χ1v) is 9.89. The van der Waals surface area contributed by atoms with Gasteiger partial charge in [0.2, 0.25) is 0 Å². The van der Waals surface area contributed by atoms with Crippen molar-refractivity contribution in [3.8, 4) is 11.3 Å². The third-order valence-corrected chi connectivity index (χ3v) is 4.57. The van der Waals surface area contributed by atoms with E-state index in [-0.39, 0.29) is 6.61 Å². The van der Waals surface area contributed by atoms with Crippen molar-refractivity contribution in [3.05, 3.63) is 76.5 Å². The van der Waals surface area contributed by atoms with Crippen molar-refractivity contribution in [3.63, 3.8) is 0 Å². The summed E-state index contributed by atoms with van der Waals surface area (Å²) >= 11 is 5.87. The van der Waals surface area contributed by atoms with E-state index in [0.29, 0.717) is 27.8 Å². The van der Waals surface area contributed by atoms with E-state index < -0.39 is 16.8 Å². The number of carbonyl (C=O) groups excluding carboxylic acids is 1. The molecule has 7 heteroatoms. The van der Waals surface area contributed by atoms with Crippen LogP contribution in [-0.4, -0.2) is 21.6 Å². The molecule has 0 spiro atoms. The number of halogens is 1. The Morgan fingerprint density at radius 3 is 2.69 bits per heavy atom. The number of carbonyl (C=O) groups is 1. The van der Waals surface area contributed by atoms with E-state index in [1.54, 1.807) is 42.7 Å². The first-order valence-electron chi connectivity index (χ1n) is 7.79. The number of esters is 1. The minimum absolute atomic E-state index is 0.0244. The van der Waals surface area contributed by atoms with E-state index in [9.17, 15) is 9.00 Å². The Labute approximate surface area is 158 Å². The van der Waals surface area contributed by atoms with Crippen molar-refractivity contribution in [1.82, 2.24) is 5.16 Å². The van der Waals surface area contributed by atoms with Crippen LogP contribution in [0.15, 0.2) is 59.1 Å². The van der Waals surface area contributed by atoms with E-state index in [1.807, 2.05) is 18.2 Å². The van der Waals surface area contributed by atoms with E-state index in [2.05, 4.69) is 5.16 Å². The van der Waals surface area contributed by atoms with Crippen LogP contribution in [0, 0.1) is 0 Å². The van der Waals surface area contributed by atoms with Gasteiger partial charge in [0.1, 0.15) is 5.69 Å². The van der Waals surface area contributed by atoms with Crippen molar-refractivity contribution < 1.29 is 18.3 Å². The van der Waals surface area contributed by atoms with Crippen LogP contribution >= 0.6 is 11.6 Å². The zero-order valence-corrected chi connectivity index (χ0v) is 15.5. The van der Waals surface area contributed by atoms with Gasteiger partial charge in [-0.15, -0.1) is 0 Å². The monoisotopic (exact) mass is 389 g/mol. The Morgan fingerprint density at radius 1 is 1.19 bits per heavy atom. The fourth-order valence-corrected chi connectivity index (χ4v) is 3.16. The molecular weight excluding hydrogens is 374 g/mol. The average Bonchev–Trinajstić information content (AvgIpc) is 3.09. The Morgan fingerprint density at radius 2 is 1.96 bits per heavy atom. The third kappa shape index (κ3) is 4.80. The van der Waals surface area contributed by atoms with Crippen LogP contribution in [-0.2, 0) is 27.9 Å². The van der Waals surface area contributed by atoms with Crippen LogP contribution in [0.5, 0.6) is 0 Å². The summed E-state index contributed by atoms with van der Waals surface area (Å²) in [6.45, 7) is -0.0244. The molecule has 2 aromatic carbocycles. The van der Waals surface area contributed by atoms with Crippen LogP contribution in [0.25, 0.3) is 11.3 Å². The molecule has 1 aromatic heterocycles. The van der Waals surface area contributed by atoms with E-state index >= 15 is 0 Å². The SMILES string of the molecule is CS(=O)Cc1cccc(C(=O)OCc2cc(-c3ccc(Cl)cc3)no2)c1. The van der Waals surface area contributed by atoms with Gasteiger partial charge < -0.3 is 9.26 Å². The highest BCUT2D eigenvalue weighted by Gasteiger charge is 2.12. The molecule has 0 saturated carbocycles. The lowest BCUT2D eigenvalue weighted by Crippen LogP contribution is -2.05. The zero-order valence-electron chi connectivity index (χ0n) is 14.0. The third-order valence-electron chi connectivity index (χ3n) is 3.58. The van der Waals surface area contributed by atoms with Gasteiger partial charge in [0.15, 0.2) is 12.4 Å². The van der Waals surface area contributed by atoms with Crippen LogP contribution < -0.4 is 0 Å². The summed E-state index contributed by atoms with van der Waals surface area (Å²) in [4.78, 5) is 12.2. The fourth-order valence-electron chi connectivity index (χ4n) is 2.38. The highest BCUT2D eigenvalue weighted by atomic mass is 35.5. The molecule has 1 heterocycles. The molecule has 3 rings (SSSR count). The smallest absolute Gasteiger partial charge is 0.338 e. The molecule has 0 fully saturated rings. The maximum Gasteiger partial charge on any atom is 0.338 e. The molecular formula is C19H16ClNO4S. The first-order chi connectivity index (χ1) is 12.5. The van der Waals surface area contributed by atoms with Crippen molar-refractivity contribution in [2.75, 3.05) is 6.26 Å². The van der Waals surface area contributed by atoms with Crippen LogP contribution in [0.3, 0.4) is 0 Å². The summed E-state index contributed by atoms with van der Waals surface area (Å²) in [5, 5.41) is 4.61. The molecule has 0 aliphatic rings. The molecule has 0 aliphatic heterocycles. The lowest BCUT2D eigenvalue weighted by Gasteiger charge is -2.04. The fraction of sp³-hybridized carbons (Fsp3) is 0.158. The summed E-state index contributed by atoms with van der Waals surface area (Å²) in [6.07, 6.45) is 1.62. The zero-order chi connectivity index (χ0) is 18.5. The largest absolute Gasteiger partial charge is 0.454 e. The molecule has 0 saturated heterocycles. The quantitative estimate of drug-likeness (QED) is 0.590. The van der Waals surface area contributed by atoms with Gasteiger partial charge in [-0.1, -0.05) is 41.0 Å². The van der Waals surface area contributed by atoms with Crippen molar-refractivity contribution in [1.29, 1.82) is 0 Å². The maximum atomic E-state index is 12.2. The van der Waals surface area contributed by atoms with E-state index in [4.69, 9.17) is 20.9 Å². The van der Waals surface area contributed by atoms with E-state index in [1.165, 1.54) is 0 Å². The second-order valence-electron chi connectivity index (χ2n) is 5.68. The Kier molecular flexibility index (Phi) is 5.85. The Hall–Kier alpha value is -2.44. The van der Waals surface area contributed by atoms with Crippen molar-refractivity contribution in [2.24, 2.45) is 0 Å². The lowest BCUT2D eigenvalue weighted by molar-refractivity contribution is 0.0437. The molecule has 26 heavy (non-hydrogen) atoms. The Bertz CT molecular complexity index is 937. The van der Waals surface area contributed by atoms with Gasteiger partial charge in [-0.05, 0) is 29.8 Å². The van der Waals surface area contributed by atoms with Gasteiger partial charge in [0.05, 0.1) is 5.56 Å². The van der Waals surface area contributed by atoms with Gasteiger partial charge in [0, 0.05) is 39.5 Å². The van der Waals surface area contributed by atoms with Gasteiger partial charge in [-0.2, -0.15) is 0 Å². The number of ether oxygens (including phenoxy) is 1. The standard InChI is InChI=1S/C19H16ClNO4S/c1-26(23)12-13-3-2-4-15(9-13)19(22)24-11-17-10-18(21-25-17)14-5-7-16(20)8-6-14/h2-10H,11-12H2,1H3. The molecule has 5 nitrogen and oxygen atoms in total. The van der Waals surface area contributed by atoms with Crippen LogP contribution in [0.2, 0.25) is 5.02 Å². The highest BCUT2D eigenvalue weighted by Crippen LogP contribution is 2.21. The second kappa shape index (κ2) is 8.29. The number of hydrogen-bond acceptors (Lipinski definition) is 5. The number of nitrogens with zero attached hydrogens (tertiary/aromatic N) is 1. The van der Waals surface area contributed by atoms with E-state index in [0.717, 1.165) is 11.1 Å². The summed E-state index contributed by atoms with van der Waals surface area (Å²) in [6, 6.07) is 15.8. The predicted octanol–water partition coefficient (Wildman–Crippen LogP) is 4.23. The summed E-state index contributed by atoms with van der Waals surface area (Å²) in [5.41, 5.74) is 2.73. The predicted molar refractivity (Wildman–Crippen MR) is 100 cm³/mol. The topological polar surface area (TPSA) is 69.4 Å². The maximum absolute atomic E-state index is 12.2. The van der Waals surface area contributed by atoms with Crippen molar-refractivity contribution >= 4 is 28.4 Å². The molecule has 1 atom stereocenters. The van der Waals surface area contributed by atoms with Gasteiger partial charge >= 0.3 is 5.97 Å². The summed E-state index contributed by atoms with van der Waals surface area (Å²) in [7, 11) is -0.972.